The van der Waals surface area contributed by atoms with Crippen molar-refractivity contribution in [1.29, 1.82) is 0 Å². The molecule has 1 N–H and O–H groups in total. The lowest BCUT2D eigenvalue weighted by Crippen LogP contribution is -2.23. The summed E-state index contributed by atoms with van der Waals surface area (Å²) in [6.07, 6.45) is 3.19. The molecule has 1 aliphatic rings. The molecule has 0 atom stereocenters. The third kappa shape index (κ3) is 4.23. The smallest absolute Gasteiger partial charge is 0.231 e. The lowest BCUT2D eigenvalue weighted by atomic mass is 10.2. The minimum atomic E-state index is -0.183. The normalized spacial score (nSPS) is 13.9. The molecular formula is C19H18ClN5O2S. The Morgan fingerprint density at radius 3 is 3.00 bits per heavy atom. The van der Waals surface area contributed by atoms with E-state index in [-0.39, 0.29) is 18.2 Å². The molecule has 2 aromatic heterocycles. The maximum atomic E-state index is 12.4. The van der Waals surface area contributed by atoms with Crippen molar-refractivity contribution in [3.05, 3.63) is 58.2 Å². The Labute approximate surface area is 170 Å². The monoisotopic (exact) mass is 415 g/mol. The number of carbonyl (C=O) groups excluding carboxylic acids is 2. The van der Waals surface area contributed by atoms with E-state index in [0.29, 0.717) is 41.2 Å². The summed E-state index contributed by atoms with van der Waals surface area (Å²) in [5.41, 5.74) is 1.64. The Balaban J connectivity index is 1.39. The van der Waals surface area contributed by atoms with Gasteiger partial charge in [0.25, 0.3) is 0 Å². The molecule has 1 aliphatic heterocycles. The highest BCUT2D eigenvalue weighted by molar-refractivity contribution is 7.14. The maximum absolute atomic E-state index is 12.4. The van der Waals surface area contributed by atoms with Gasteiger partial charge in [-0.2, -0.15) is 5.10 Å². The van der Waals surface area contributed by atoms with Gasteiger partial charge >= 0.3 is 0 Å². The largest absolute Gasteiger partial charge is 0.311 e. The fourth-order valence-corrected chi connectivity index (χ4v) is 4.16. The summed E-state index contributed by atoms with van der Waals surface area (Å²) >= 11 is 7.42. The molecule has 0 spiro atoms. The van der Waals surface area contributed by atoms with Gasteiger partial charge in [-0.05, 0) is 24.1 Å². The molecule has 7 nitrogen and oxygen atoms in total. The molecule has 1 aromatic carbocycles. The zero-order chi connectivity index (χ0) is 19.5. The summed E-state index contributed by atoms with van der Waals surface area (Å²) in [4.78, 5) is 30.4. The number of halogens is 1. The molecule has 0 bridgehead atoms. The topological polar surface area (TPSA) is 80.1 Å². The van der Waals surface area contributed by atoms with E-state index in [4.69, 9.17) is 11.6 Å². The van der Waals surface area contributed by atoms with Crippen LogP contribution in [0, 0.1) is 0 Å². The van der Waals surface area contributed by atoms with Crippen LogP contribution in [0.4, 0.5) is 10.9 Å². The minimum absolute atomic E-state index is 0.0928. The Kier molecular flexibility index (Phi) is 5.40. The number of hydrogen-bond donors (Lipinski definition) is 1. The number of carbonyl (C=O) groups is 2. The zero-order valence-corrected chi connectivity index (χ0v) is 16.5. The first-order valence-electron chi connectivity index (χ1n) is 8.89. The lowest BCUT2D eigenvalue weighted by Gasteiger charge is -2.10. The van der Waals surface area contributed by atoms with Crippen molar-refractivity contribution >= 4 is 45.7 Å². The molecule has 0 unspecified atom stereocenters. The van der Waals surface area contributed by atoms with Gasteiger partial charge in [0, 0.05) is 29.4 Å². The van der Waals surface area contributed by atoms with Gasteiger partial charge in [-0.1, -0.05) is 23.7 Å². The van der Waals surface area contributed by atoms with Crippen LogP contribution in [0.1, 0.15) is 24.1 Å². The van der Waals surface area contributed by atoms with Crippen LogP contribution in [0.3, 0.4) is 0 Å². The van der Waals surface area contributed by atoms with Crippen LogP contribution in [0.15, 0.2) is 41.9 Å². The van der Waals surface area contributed by atoms with Crippen molar-refractivity contribution in [3.8, 4) is 0 Å². The van der Waals surface area contributed by atoms with Crippen LogP contribution < -0.4 is 10.2 Å². The standard InChI is InChI=1S/C19H18ClN5O2S/c20-14-4-1-3-13(9-14)11-25-16(6-7-21-25)23-17(26)10-15-12-28-19(22-15)24-8-2-5-18(24)27/h1,3-4,6-7,9,12H,2,5,8,10-11H2,(H,23,26). The number of thiazole rings is 1. The molecule has 0 saturated carbocycles. The lowest BCUT2D eigenvalue weighted by molar-refractivity contribution is -0.117. The van der Waals surface area contributed by atoms with E-state index in [2.05, 4.69) is 15.4 Å². The highest BCUT2D eigenvalue weighted by Gasteiger charge is 2.24. The van der Waals surface area contributed by atoms with Gasteiger partial charge in [-0.3, -0.25) is 14.5 Å². The van der Waals surface area contributed by atoms with Crippen LogP contribution in [0.5, 0.6) is 0 Å². The summed E-state index contributed by atoms with van der Waals surface area (Å²) in [6, 6.07) is 9.26. The maximum Gasteiger partial charge on any atom is 0.231 e. The van der Waals surface area contributed by atoms with Gasteiger partial charge < -0.3 is 5.32 Å². The number of nitrogens with one attached hydrogen (secondary N) is 1. The van der Waals surface area contributed by atoms with E-state index in [9.17, 15) is 9.59 Å². The first-order chi connectivity index (χ1) is 13.6. The Hall–Kier alpha value is -2.71. The Morgan fingerprint density at radius 2 is 2.21 bits per heavy atom. The van der Waals surface area contributed by atoms with Crippen molar-refractivity contribution in [2.24, 2.45) is 0 Å². The second kappa shape index (κ2) is 8.12. The summed E-state index contributed by atoms with van der Waals surface area (Å²) < 4.78 is 1.71. The van der Waals surface area contributed by atoms with Crippen molar-refractivity contribution < 1.29 is 9.59 Å². The summed E-state index contributed by atoms with van der Waals surface area (Å²) in [5, 5.41) is 10.3. The van der Waals surface area contributed by atoms with Gasteiger partial charge in [0.15, 0.2) is 5.13 Å². The number of rotatable bonds is 6. The number of anilines is 2. The molecule has 1 fully saturated rings. The van der Waals surface area contributed by atoms with Crippen LogP contribution in [-0.2, 0) is 22.6 Å². The Morgan fingerprint density at radius 1 is 1.32 bits per heavy atom. The summed E-state index contributed by atoms with van der Waals surface area (Å²) in [6.45, 7) is 1.20. The molecule has 144 valence electrons. The van der Waals surface area contributed by atoms with Crippen molar-refractivity contribution in [2.75, 3.05) is 16.8 Å². The minimum Gasteiger partial charge on any atom is -0.311 e. The second-order valence-electron chi connectivity index (χ2n) is 6.50. The van der Waals surface area contributed by atoms with Crippen LogP contribution in [0.2, 0.25) is 5.02 Å². The van der Waals surface area contributed by atoms with E-state index in [1.165, 1.54) is 11.3 Å². The van der Waals surface area contributed by atoms with Gasteiger partial charge in [0.2, 0.25) is 11.8 Å². The average Bonchev–Trinajstić information content (AvgIpc) is 3.38. The second-order valence-corrected chi connectivity index (χ2v) is 7.77. The van der Waals surface area contributed by atoms with E-state index >= 15 is 0 Å². The molecule has 0 aliphatic carbocycles. The van der Waals surface area contributed by atoms with Crippen molar-refractivity contribution in [2.45, 2.75) is 25.8 Å². The number of aromatic nitrogens is 3. The van der Waals surface area contributed by atoms with Crippen molar-refractivity contribution in [1.82, 2.24) is 14.8 Å². The number of amides is 2. The fourth-order valence-electron chi connectivity index (χ4n) is 3.08. The van der Waals surface area contributed by atoms with E-state index in [0.717, 1.165) is 12.0 Å². The van der Waals surface area contributed by atoms with Gasteiger partial charge in [0.1, 0.15) is 5.82 Å². The van der Waals surface area contributed by atoms with Gasteiger partial charge in [-0.25, -0.2) is 9.67 Å². The molecule has 2 amide bonds. The molecule has 28 heavy (non-hydrogen) atoms. The number of benzene rings is 1. The Bertz CT molecular complexity index is 1020. The quantitative estimate of drug-likeness (QED) is 0.669. The molecule has 3 heterocycles. The first kappa shape index (κ1) is 18.6. The third-order valence-electron chi connectivity index (χ3n) is 4.39. The SMILES string of the molecule is O=C(Cc1csc(N2CCCC2=O)n1)Nc1ccnn1Cc1cccc(Cl)c1. The number of hydrogen-bond acceptors (Lipinski definition) is 5. The predicted molar refractivity (Wildman–Crippen MR) is 109 cm³/mol. The van der Waals surface area contributed by atoms with Crippen LogP contribution >= 0.6 is 22.9 Å². The van der Waals surface area contributed by atoms with E-state index in [1.807, 2.05) is 29.6 Å². The highest BCUT2D eigenvalue weighted by atomic mass is 35.5. The molecule has 9 heteroatoms. The molecule has 3 aromatic rings. The van der Waals surface area contributed by atoms with Crippen molar-refractivity contribution in [3.63, 3.8) is 0 Å². The van der Waals surface area contributed by atoms with Gasteiger partial charge in [-0.15, -0.1) is 11.3 Å². The average molecular weight is 416 g/mol. The molecule has 4 rings (SSSR count). The highest BCUT2D eigenvalue weighted by Crippen LogP contribution is 2.25. The van der Waals surface area contributed by atoms with E-state index < -0.39 is 0 Å². The molecule has 0 radical (unpaired) electrons. The first-order valence-corrected chi connectivity index (χ1v) is 10.1. The number of nitrogens with zero attached hydrogens (tertiary/aromatic N) is 4. The van der Waals surface area contributed by atoms with Crippen LogP contribution in [-0.4, -0.2) is 33.1 Å². The third-order valence-corrected chi connectivity index (χ3v) is 5.54. The van der Waals surface area contributed by atoms with Crippen LogP contribution in [0.25, 0.3) is 0 Å². The summed E-state index contributed by atoms with van der Waals surface area (Å²) in [7, 11) is 0. The predicted octanol–water partition coefficient (Wildman–Crippen LogP) is 3.35. The fraction of sp³-hybridized carbons (Fsp3) is 0.263. The van der Waals surface area contributed by atoms with Gasteiger partial charge in [0.05, 0.1) is 24.9 Å². The summed E-state index contributed by atoms with van der Waals surface area (Å²) in [5.74, 6) is 0.517. The zero-order valence-electron chi connectivity index (χ0n) is 15.0. The molecule has 1 saturated heterocycles. The molecular weight excluding hydrogens is 398 g/mol. The van der Waals surface area contributed by atoms with E-state index in [1.54, 1.807) is 21.8 Å².